The number of imide groups is 2. The highest BCUT2D eigenvalue weighted by Gasteiger charge is 2.62. The number of likely N-dealkylation sites (N-methyl/N-ethyl adjacent to an activating group) is 1. The van der Waals surface area contributed by atoms with Crippen molar-refractivity contribution in [3.8, 4) is 5.75 Å². The van der Waals surface area contributed by atoms with Gasteiger partial charge in [-0.15, -0.1) is 0 Å². The van der Waals surface area contributed by atoms with Crippen molar-refractivity contribution in [3.63, 3.8) is 0 Å². The maximum atomic E-state index is 16.1. The molecule has 0 saturated carbocycles. The molecular formula is C43H45ClF2N10O7. The summed E-state index contributed by atoms with van der Waals surface area (Å²) in [4.78, 5) is 90.9. The summed E-state index contributed by atoms with van der Waals surface area (Å²) >= 11 is 6.53. The maximum Gasteiger partial charge on any atom is 0.293 e. The number of hydrogen-bond acceptors (Lipinski definition) is 13. The number of alkyl halides is 2. The molecule has 0 aliphatic carbocycles. The Morgan fingerprint density at radius 1 is 0.952 bits per heavy atom. The molecule has 17 nitrogen and oxygen atoms in total. The van der Waals surface area contributed by atoms with Crippen LogP contribution in [0.5, 0.6) is 5.75 Å². The van der Waals surface area contributed by atoms with Crippen LogP contribution in [0.15, 0.2) is 53.5 Å². The summed E-state index contributed by atoms with van der Waals surface area (Å²) in [5, 5.41) is 8.89. The molecule has 4 saturated heterocycles. The number of anilines is 4. The van der Waals surface area contributed by atoms with Crippen LogP contribution in [0.3, 0.4) is 0 Å². The van der Waals surface area contributed by atoms with Crippen molar-refractivity contribution in [1.29, 1.82) is 0 Å². The van der Waals surface area contributed by atoms with E-state index in [-0.39, 0.29) is 73.3 Å². The first-order valence-corrected chi connectivity index (χ1v) is 21.2. The third kappa shape index (κ3) is 7.70. The van der Waals surface area contributed by atoms with E-state index >= 15 is 8.78 Å². The zero-order valence-corrected chi connectivity index (χ0v) is 35.3. The Morgan fingerprint density at radius 2 is 1.71 bits per heavy atom. The molecule has 0 radical (unpaired) electrons. The van der Waals surface area contributed by atoms with E-state index in [0.29, 0.717) is 71.7 Å². The summed E-state index contributed by atoms with van der Waals surface area (Å²) < 4.78 is 39.0. The number of fused-ring (bicyclic) bond motifs is 2. The average Bonchev–Trinajstić information content (AvgIpc) is 3.49. The quantitative estimate of drug-likeness (QED) is 0.197. The van der Waals surface area contributed by atoms with Crippen LogP contribution in [0, 0.1) is 11.3 Å². The molecule has 2 aromatic carbocycles. The Morgan fingerprint density at radius 3 is 2.44 bits per heavy atom. The van der Waals surface area contributed by atoms with Gasteiger partial charge in [0.05, 0.1) is 34.8 Å². The van der Waals surface area contributed by atoms with E-state index < -0.39 is 41.0 Å². The van der Waals surface area contributed by atoms with Gasteiger partial charge in [0.2, 0.25) is 17.8 Å². The highest BCUT2D eigenvalue weighted by Crippen LogP contribution is 2.52. The van der Waals surface area contributed by atoms with E-state index in [0.717, 1.165) is 17.7 Å². The molecule has 1 atom stereocenters. The zero-order valence-electron chi connectivity index (χ0n) is 34.6. The fourth-order valence-electron chi connectivity index (χ4n) is 9.42. The monoisotopic (exact) mass is 886 g/mol. The first-order valence-electron chi connectivity index (χ1n) is 20.9. The van der Waals surface area contributed by atoms with Crippen molar-refractivity contribution >= 4 is 75.2 Å². The normalized spacial score (nSPS) is 21.1. The number of amides is 5. The highest BCUT2D eigenvalue weighted by atomic mass is 35.5. The first kappa shape index (κ1) is 42.1. The molecular weight excluding hydrogens is 842 g/mol. The van der Waals surface area contributed by atoms with Gasteiger partial charge in [0, 0.05) is 70.0 Å². The topological polar surface area (TPSA) is 191 Å². The number of nitrogens with zero attached hydrogens (tertiary/aromatic N) is 7. The second-order valence-corrected chi connectivity index (χ2v) is 17.4. The van der Waals surface area contributed by atoms with Crippen LogP contribution >= 0.6 is 11.6 Å². The van der Waals surface area contributed by atoms with Crippen LogP contribution in [0.1, 0.15) is 52.8 Å². The number of aromatic nitrogens is 3. The van der Waals surface area contributed by atoms with Gasteiger partial charge < -0.3 is 29.7 Å². The number of aryl methyl sites for hydroxylation is 1. The largest absolute Gasteiger partial charge is 0.478 e. The van der Waals surface area contributed by atoms with E-state index in [2.05, 4.69) is 25.8 Å². The van der Waals surface area contributed by atoms with Crippen molar-refractivity contribution in [3.05, 3.63) is 75.2 Å². The lowest BCUT2D eigenvalue weighted by molar-refractivity contribution is -0.181. The van der Waals surface area contributed by atoms with Gasteiger partial charge in [-0.2, -0.15) is 4.98 Å². The van der Waals surface area contributed by atoms with Crippen LogP contribution < -0.4 is 36.0 Å². The van der Waals surface area contributed by atoms with Crippen LogP contribution in [-0.2, 0) is 21.4 Å². The Bertz CT molecular complexity index is 2630. The minimum atomic E-state index is -2.95. The number of benzene rings is 2. The molecule has 1 spiro atoms. The third-order valence-electron chi connectivity index (χ3n) is 13.1. The molecule has 3 N–H and O–H groups in total. The van der Waals surface area contributed by atoms with Crippen molar-refractivity contribution in [2.75, 3.05) is 74.6 Å². The minimum absolute atomic E-state index is 0.0152. The summed E-state index contributed by atoms with van der Waals surface area (Å²) in [7, 11) is 3.11. The van der Waals surface area contributed by atoms with E-state index in [1.54, 1.807) is 42.3 Å². The number of ether oxygens (including phenoxy) is 1. The lowest BCUT2D eigenvalue weighted by Crippen LogP contribution is -2.70. The number of hydrogen-bond donors (Lipinski definition) is 3. The van der Waals surface area contributed by atoms with Gasteiger partial charge in [-0.25, -0.2) is 13.8 Å². The molecule has 7 heterocycles. The Labute approximate surface area is 364 Å². The maximum absolute atomic E-state index is 16.1. The standard InChI is InChI=1S/C43H45ClF2N10O7/c1-47-35(58)20-63-33-16-25-15-26(3-6-31(25)52(2)40(33)62)49-36-30(44)18-48-41(51-36)54-12-9-24(10-13-54)19-53-14-11-42(43(45,46)23-53)21-55(22-42)27-4-5-28-29(17-27)39(61)56(38(28)60)32-7-8-34(57)50-37(32)59/h3-6,15-18,24,32H,7-14,19-23H2,1-2H3,(H,47,58)(H,48,49,51)(H,50,57,59). The van der Waals surface area contributed by atoms with Crippen molar-refractivity contribution in [2.24, 2.45) is 18.4 Å². The highest BCUT2D eigenvalue weighted by molar-refractivity contribution is 6.33. The van der Waals surface area contributed by atoms with Crippen LogP contribution in [-0.4, -0.2) is 125 Å². The number of halogens is 3. The predicted octanol–water partition coefficient (Wildman–Crippen LogP) is 3.32. The Kier molecular flexibility index (Phi) is 10.8. The molecule has 20 heteroatoms. The number of rotatable bonds is 10. The smallest absolute Gasteiger partial charge is 0.293 e. The fourth-order valence-corrected chi connectivity index (χ4v) is 9.55. The molecule has 5 aliphatic heterocycles. The lowest BCUT2D eigenvalue weighted by atomic mass is 9.68. The SMILES string of the molecule is CNC(=O)COc1cc2cc(Nc3nc(N4CCC(CN5CCC6(CN(c7ccc8c(c7)C(=O)N(C7CCC(=O)NC7=O)C8=O)C6)C(F)(F)C5)CC4)ncc3Cl)ccc2n(C)c1=O. The molecule has 5 aliphatic rings. The van der Waals surface area contributed by atoms with Gasteiger partial charge in [0.15, 0.2) is 18.2 Å². The molecule has 2 aromatic heterocycles. The van der Waals surface area contributed by atoms with E-state index in [9.17, 15) is 28.8 Å². The van der Waals surface area contributed by atoms with Gasteiger partial charge in [-0.3, -0.25) is 43.9 Å². The van der Waals surface area contributed by atoms with E-state index in [1.165, 1.54) is 23.9 Å². The third-order valence-corrected chi connectivity index (χ3v) is 13.4. The average molecular weight is 887 g/mol. The van der Waals surface area contributed by atoms with Crippen LogP contribution in [0.4, 0.5) is 31.9 Å². The molecule has 5 amide bonds. The number of piperidine rings is 3. The van der Waals surface area contributed by atoms with Gasteiger partial charge in [0.25, 0.3) is 29.2 Å². The molecule has 1 unspecified atom stereocenters. The fraction of sp³-hybridized carbons (Fsp3) is 0.442. The lowest BCUT2D eigenvalue weighted by Gasteiger charge is -2.58. The van der Waals surface area contributed by atoms with Gasteiger partial charge in [-0.1, -0.05) is 11.6 Å². The van der Waals surface area contributed by atoms with E-state index in [4.69, 9.17) is 21.3 Å². The number of nitrogens with one attached hydrogen (secondary N) is 3. The zero-order chi connectivity index (χ0) is 44.4. The number of carbonyl (C=O) groups is 5. The summed E-state index contributed by atoms with van der Waals surface area (Å²) in [5.41, 5.74) is 0.554. The summed E-state index contributed by atoms with van der Waals surface area (Å²) in [6.45, 7) is 1.94. The van der Waals surface area contributed by atoms with Crippen LogP contribution in [0.25, 0.3) is 10.9 Å². The van der Waals surface area contributed by atoms with Crippen molar-refractivity contribution in [1.82, 2.24) is 35.0 Å². The first-order chi connectivity index (χ1) is 30.1. The minimum Gasteiger partial charge on any atom is -0.478 e. The Hall–Kier alpha value is -6.21. The molecule has 63 heavy (non-hydrogen) atoms. The molecule has 4 fully saturated rings. The van der Waals surface area contributed by atoms with Crippen LogP contribution in [0.2, 0.25) is 5.02 Å². The predicted molar refractivity (Wildman–Crippen MR) is 228 cm³/mol. The van der Waals surface area contributed by atoms with Gasteiger partial charge in [-0.05, 0) is 80.6 Å². The number of pyridine rings is 1. The molecule has 4 aromatic rings. The number of carbonyl (C=O) groups excluding carboxylic acids is 5. The molecule has 330 valence electrons. The number of likely N-dealkylation sites (tertiary alicyclic amines) is 1. The Balaban J connectivity index is 0.781. The summed E-state index contributed by atoms with van der Waals surface area (Å²) in [5.74, 6) is -4.58. The van der Waals surface area contributed by atoms with Crippen molar-refractivity contribution in [2.45, 2.75) is 44.1 Å². The van der Waals surface area contributed by atoms with E-state index in [1.807, 2.05) is 11.0 Å². The van der Waals surface area contributed by atoms with Gasteiger partial charge >= 0.3 is 0 Å². The summed E-state index contributed by atoms with van der Waals surface area (Å²) in [6, 6.07) is 10.6. The second-order valence-electron chi connectivity index (χ2n) is 17.0. The second kappa shape index (κ2) is 16.2. The molecule has 0 bridgehead atoms. The van der Waals surface area contributed by atoms with Gasteiger partial charge in [0.1, 0.15) is 11.1 Å². The molecule has 9 rings (SSSR count). The van der Waals surface area contributed by atoms with Crippen molar-refractivity contribution < 1.29 is 37.5 Å². The summed E-state index contributed by atoms with van der Waals surface area (Å²) in [6.07, 6.45) is 3.45.